The molecular formula is C14H20BrNO2. The first-order chi connectivity index (χ1) is 8.71. The van der Waals surface area contributed by atoms with Crippen molar-refractivity contribution in [3.05, 3.63) is 33.8 Å². The lowest BCUT2D eigenvalue weighted by molar-refractivity contribution is 0.223. The highest BCUT2D eigenvalue weighted by Gasteiger charge is 2.04. The van der Waals surface area contributed by atoms with Crippen molar-refractivity contribution in [3.8, 4) is 5.75 Å². The Morgan fingerprint density at radius 2 is 2.17 bits per heavy atom. The van der Waals surface area contributed by atoms with Gasteiger partial charge in [-0.25, -0.2) is 0 Å². The highest BCUT2D eigenvalue weighted by atomic mass is 79.9. The van der Waals surface area contributed by atoms with Gasteiger partial charge < -0.3 is 15.2 Å². The molecule has 2 N–H and O–H groups in total. The highest BCUT2D eigenvalue weighted by Crippen LogP contribution is 2.26. The number of ether oxygens (including phenoxy) is 2. The summed E-state index contributed by atoms with van der Waals surface area (Å²) in [5.74, 6) is 0.861. The van der Waals surface area contributed by atoms with Gasteiger partial charge in [0.1, 0.15) is 5.75 Å². The molecule has 0 radical (unpaired) electrons. The molecule has 0 atom stereocenters. The van der Waals surface area contributed by atoms with Gasteiger partial charge in [0.25, 0.3) is 0 Å². The fraction of sp³-hybridized carbons (Fsp3) is 0.429. The summed E-state index contributed by atoms with van der Waals surface area (Å²) in [6.07, 6.45) is 4.02. The van der Waals surface area contributed by atoms with Crippen molar-refractivity contribution in [2.75, 3.05) is 27.4 Å². The second-order valence-electron chi connectivity index (χ2n) is 4.01. The first-order valence-electron chi connectivity index (χ1n) is 5.93. The van der Waals surface area contributed by atoms with Gasteiger partial charge in [-0.15, -0.1) is 0 Å². The Kier molecular flexibility index (Phi) is 7.01. The molecule has 1 aromatic rings. The maximum Gasteiger partial charge on any atom is 0.126 e. The molecule has 0 aromatic heterocycles. The van der Waals surface area contributed by atoms with Crippen LogP contribution in [0.1, 0.15) is 18.4 Å². The lowest BCUT2D eigenvalue weighted by Crippen LogP contribution is -2.02. The van der Waals surface area contributed by atoms with E-state index in [0.717, 1.165) is 28.6 Å². The standard InChI is InChI=1S/C14H20BrNO2/c1-17-10-11(4-3-7-16)8-12-9-13(15)5-6-14(12)18-2/h5-6,8-9H,3-4,7,10,16H2,1-2H3/b11-8+. The van der Waals surface area contributed by atoms with E-state index in [1.807, 2.05) is 18.2 Å². The average Bonchev–Trinajstić information content (AvgIpc) is 2.36. The Labute approximate surface area is 117 Å². The van der Waals surface area contributed by atoms with E-state index in [1.54, 1.807) is 14.2 Å². The molecule has 0 saturated carbocycles. The van der Waals surface area contributed by atoms with Crippen molar-refractivity contribution in [1.82, 2.24) is 0 Å². The zero-order valence-electron chi connectivity index (χ0n) is 10.9. The van der Waals surface area contributed by atoms with Crippen LogP contribution in [0.2, 0.25) is 0 Å². The molecule has 0 amide bonds. The van der Waals surface area contributed by atoms with E-state index in [4.69, 9.17) is 15.2 Å². The molecule has 0 aliphatic heterocycles. The van der Waals surface area contributed by atoms with E-state index in [1.165, 1.54) is 5.57 Å². The fourth-order valence-corrected chi connectivity index (χ4v) is 2.12. The highest BCUT2D eigenvalue weighted by molar-refractivity contribution is 9.10. The summed E-state index contributed by atoms with van der Waals surface area (Å²) < 4.78 is 11.6. The number of hydrogen-bond donors (Lipinski definition) is 1. The monoisotopic (exact) mass is 313 g/mol. The van der Waals surface area contributed by atoms with Crippen molar-refractivity contribution in [3.63, 3.8) is 0 Å². The third-order valence-electron chi connectivity index (χ3n) is 2.58. The average molecular weight is 314 g/mol. The third kappa shape index (κ3) is 4.80. The Hall–Kier alpha value is -0.840. The van der Waals surface area contributed by atoms with Crippen molar-refractivity contribution in [2.45, 2.75) is 12.8 Å². The molecular weight excluding hydrogens is 294 g/mol. The molecule has 4 heteroatoms. The smallest absolute Gasteiger partial charge is 0.126 e. The van der Waals surface area contributed by atoms with Gasteiger partial charge in [-0.05, 0) is 49.2 Å². The maximum absolute atomic E-state index is 5.55. The van der Waals surface area contributed by atoms with Crippen LogP contribution in [-0.4, -0.2) is 27.4 Å². The summed E-state index contributed by atoms with van der Waals surface area (Å²) >= 11 is 3.47. The predicted molar refractivity (Wildman–Crippen MR) is 78.8 cm³/mol. The fourth-order valence-electron chi connectivity index (χ4n) is 1.74. The van der Waals surface area contributed by atoms with Crippen LogP contribution in [0, 0.1) is 0 Å². The number of hydrogen-bond acceptors (Lipinski definition) is 3. The van der Waals surface area contributed by atoms with E-state index >= 15 is 0 Å². The largest absolute Gasteiger partial charge is 0.496 e. The Balaban J connectivity index is 2.97. The summed E-state index contributed by atoms with van der Waals surface area (Å²) in [5, 5.41) is 0. The van der Waals surface area contributed by atoms with Crippen LogP contribution < -0.4 is 10.5 Å². The van der Waals surface area contributed by atoms with Gasteiger partial charge in [-0.3, -0.25) is 0 Å². The van der Waals surface area contributed by atoms with Crippen molar-refractivity contribution >= 4 is 22.0 Å². The molecule has 18 heavy (non-hydrogen) atoms. The van der Waals surface area contributed by atoms with E-state index in [-0.39, 0.29) is 0 Å². The molecule has 0 fully saturated rings. The molecule has 0 aliphatic carbocycles. The van der Waals surface area contributed by atoms with Crippen LogP contribution in [0.3, 0.4) is 0 Å². The van der Waals surface area contributed by atoms with Crippen LogP contribution in [0.5, 0.6) is 5.75 Å². The lowest BCUT2D eigenvalue weighted by atomic mass is 10.1. The van der Waals surface area contributed by atoms with Crippen molar-refractivity contribution < 1.29 is 9.47 Å². The molecule has 1 rings (SSSR count). The summed E-state index contributed by atoms with van der Waals surface area (Å²) in [6.45, 7) is 1.31. The van der Waals surface area contributed by atoms with E-state index in [2.05, 4.69) is 22.0 Å². The van der Waals surface area contributed by atoms with Crippen LogP contribution >= 0.6 is 15.9 Å². The summed E-state index contributed by atoms with van der Waals surface area (Å²) in [4.78, 5) is 0. The van der Waals surface area contributed by atoms with Gasteiger partial charge in [0.2, 0.25) is 0 Å². The molecule has 0 aliphatic rings. The van der Waals surface area contributed by atoms with Gasteiger partial charge in [0.05, 0.1) is 13.7 Å². The quantitative estimate of drug-likeness (QED) is 0.840. The molecule has 0 spiro atoms. The van der Waals surface area contributed by atoms with Gasteiger partial charge in [0.15, 0.2) is 0 Å². The zero-order valence-corrected chi connectivity index (χ0v) is 12.5. The first kappa shape index (κ1) is 15.2. The molecule has 0 heterocycles. The van der Waals surface area contributed by atoms with Gasteiger partial charge in [0, 0.05) is 17.1 Å². The second-order valence-corrected chi connectivity index (χ2v) is 4.93. The number of halogens is 1. The van der Waals surface area contributed by atoms with E-state index < -0.39 is 0 Å². The minimum absolute atomic E-state index is 0.621. The van der Waals surface area contributed by atoms with Crippen LogP contribution in [0.4, 0.5) is 0 Å². The predicted octanol–water partition coefficient (Wildman–Crippen LogP) is 3.23. The minimum Gasteiger partial charge on any atom is -0.496 e. The molecule has 0 bridgehead atoms. The minimum atomic E-state index is 0.621. The Morgan fingerprint density at radius 3 is 2.78 bits per heavy atom. The van der Waals surface area contributed by atoms with Crippen LogP contribution in [0.15, 0.2) is 28.2 Å². The number of rotatable bonds is 7. The van der Waals surface area contributed by atoms with E-state index in [0.29, 0.717) is 13.2 Å². The second kappa shape index (κ2) is 8.29. The Morgan fingerprint density at radius 1 is 1.39 bits per heavy atom. The SMILES string of the molecule is COC/C(=C/c1cc(Br)ccc1OC)CCCN. The molecule has 3 nitrogen and oxygen atoms in total. The molecule has 0 unspecified atom stereocenters. The Bertz CT molecular complexity index is 405. The van der Waals surface area contributed by atoms with Gasteiger partial charge >= 0.3 is 0 Å². The van der Waals surface area contributed by atoms with Gasteiger partial charge in [-0.2, -0.15) is 0 Å². The van der Waals surface area contributed by atoms with E-state index in [9.17, 15) is 0 Å². The van der Waals surface area contributed by atoms with Crippen LogP contribution in [0.25, 0.3) is 6.08 Å². The maximum atomic E-state index is 5.55. The first-order valence-corrected chi connectivity index (χ1v) is 6.72. The lowest BCUT2D eigenvalue weighted by Gasteiger charge is -2.09. The number of benzene rings is 1. The van der Waals surface area contributed by atoms with Crippen molar-refractivity contribution in [1.29, 1.82) is 0 Å². The number of nitrogens with two attached hydrogens (primary N) is 1. The summed E-state index contributed by atoms with van der Waals surface area (Å²) in [5.41, 5.74) is 7.82. The number of methoxy groups -OCH3 is 2. The van der Waals surface area contributed by atoms with Gasteiger partial charge in [-0.1, -0.05) is 15.9 Å². The third-order valence-corrected chi connectivity index (χ3v) is 3.08. The van der Waals surface area contributed by atoms with Crippen LogP contribution in [-0.2, 0) is 4.74 Å². The molecule has 0 saturated heterocycles. The molecule has 100 valence electrons. The topological polar surface area (TPSA) is 44.5 Å². The summed E-state index contributed by atoms with van der Waals surface area (Å²) in [7, 11) is 3.38. The normalized spacial score (nSPS) is 11.7. The molecule has 1 aromatic carbocycles. The zero-order chi connectivity index (χ0) is 13.4. The van der Waals surface area contributed by atoms with Crippen molar-refractivity contribution in [2.24, 2.45) is 5.73 Å². The summed E-state index contributed by atoms with van der Waals surface area (Å²) in [6, 6.07) is 5.95.